The van der Waals surface area contributed by atoms with Crippen LogP contribution in [0.2, 0.25) is 0 Å². The molecule has 4 heteroatoms. The Hall–Kier alpha value is -2.33. The molecule has 138 valence electrons. The fourth-order valence-corrected chi connectivity index (χ4v) is 3.55. The van der Waals surface area contributed by atoms with Crippen LogP contribution < -0.4 is 10.1 Å². The van der Waals surface area contributed by atoms with Crippen molar-refractivity contribution in [1.29, 1.82) is 0 Å². The molecule has 0 saturated heterocycles. The minimum Gasteiger partial charge on any atom is -0.497 e. The average molecular weight is 352 g/mol. The van der Waals surface area contributed by atoms with E-state index in [1.807, 2.05) is 38.2 Å². The molecule has 0 aromatic heterocycles. The lowest BCUT2D eigenvalue weighted by Gasteiger charge is -2.30. The fourth-order valence-electron chi connectivity index (χ4n) is 3.55. The van der Waals surface area contributed by atoms with Gasteiger partial charge in [-0.2, -0.15) is 0 Å². The number of ether oxygens (including phenoxy) is 1. The lowest BCUT2D eigenvalue weighted by molar-refractivity contribution is -0.126. The number of methoxy groups -OCH3 is 1. The molecule has 1 amide bonds. The fraction of sp³-hybridized carbons (Fsp3) is 0.409. The standard InChI is InChI=1S/C22H28N2O2/c1-16(24(2)15-17-11-13-19(26-3)14-12-17)22(25)23-21-10-6-8-18-7-4-5-9-20(18)21/h4-5,7,9,11-14,16,21H,6,8,10,15H2,1-3H3,(H,23,25)/t16-,21+/m1/s1. The number of benzene rings is 2. The summed E-state index contributed by atoms with van der Waals surface area (Å²) in [7, 11) is 3.65. The van der Waals surface area contributed by atoms with Gasteiger partial charge in [0.25, 0.3) is 0 Å². The minimum absolute atomic E-state index is 0.0858. The lowest BCUT2D eigenvalue weighted by Crippen LogP contribution is -2.44. The Morgan fingerprint density at radius 1 is 1.23 bits per heavy atom. The third kappa shape index (κ3) is 4.25. The van der Waals surface area contributed by atoms with Crippen LogP contribution >= 0.6 is 0 Å². The van der Waals surface area contributed by atoms with Gasteiger partial charge in [0.2, 0.25) is 5.91 Å². The molecule has 2 aromatic carbocycles. The molecule has 2 aromatic rings. The Bertz CT molecular complexity index is 742. The van der Waals surface area contributed by atoms with Crippen molar-refractivity contribution in [3.05, 3.63) is 65.2 Å². The highest BCUT2D eigenvalue weighted by atomic mass is 16.5. The Kier molecular flexibility index (Phi) is 5.94. The first-order valence-corrected chi connectivity index (χ1v) is 9.30. The number of amides is 1. The molecule has 0 fully saturated rings. The third-order valence-electron chi connectivity index (χ3n) is 5.32. The Balaban J connectivity index is 1.60. The van der Waals surface area contributed by atoms with E-state index in [-0.39, 0.29) is 18.0 Å². The van der Waals surface area contributed by atoms with Gasteiger partial charge >= 0.3 is 0 Å². The number of carbonyl (C=O) groups excluding carboxylic acids is 1. The molecule has 0 aliphatic heterocycles. The van der Waals surface area contributed by atoms with Crippen LogP contribution in [-0.4, -0.2) is 31.0 Å². The van der Waals surface area contributed by atoms with E-state index in [0.717, 1.165) is 37.1 Å². The smallest absolute Gasteiger partial charge is 0.237 e. The monoisotopic (exact) mass is 352 g/mol. The maximum absolute atomic E-state index is 12.8. The second kappa shape index (κ2) is 8.37. The Morgan fingerprint density at radius 2 is 1.96 bits per heavy atom. The molecule has 0 heterocycles. The first-order chi connectivity index (χ1) is 12.6. The SMILES string of the molecule is COc1ccc(CN(C)[C@H](C)C(=O)N[C@H]2CCCc3ccccc32)cc1. The summed E-state index contributed by atoms with van der Waals surface area (Å²) in [5, 5.41) is 3.26. The molecule has 26 heavy (non-hydrogen) atoms. The van der Waals surface area contributed by atoms with Crippen molar-refractivity contribution in [1.82, 2.24) is 10.2 Å². The summed E-state index contributed by atoms with van der Waals surface area (Å²) in [4.78, 5) is 14.9. The summed E-state index contributed by atoms with van der Waals surface area (Å²) >= 11 is 0. The number of carbonyl (C=O) groups is 1. The van der Waals surface area contributed by atoms with Crippen LogP contribution in [0.5, 0.6) is 5.75 Å². The number of nitrogens with one attached hydrogen (secondary N) is 1. The second-order valence-electron chi connectivity index (χ2n) is 7.09. The largest absolute Gasteiger partial charge is 0.497 e. The predicted molar refractivity (Wildman–Crippen MR) is 104 cm³/mol. The molecule has 1 N–H and O–H groups in total. The van der Waals surface area contributed by atoms with E-state index in [1.165, 1.54) is 11.1 Å². The highest BCUT2D eigenvalue weighted by Gasteiger charge is 2.25. The van der Waals surface area contributed by atoms with Crippen molar-refractivity contribution < 1.29 is 9.53 Å². The molecular weight excluding hydrogens is 324 g/mol. The topological polar surface area (TPSA) is 41.6 Å². The molecule has 1 aliphatic rings. The van der Waals surface area contributed by atoms with E-state index in [2.05, 4.69) is 34.5 Å². The zero-order valence-electron chi connectivity index (χ0n) is 15.9. The molecule has 4 nitrogen and oxygen atoms in total. The van der Waals surface area contributed by atoms with Gasteiger partial charge in [-0.15, -0.1) is 0 Å². The molecule has 0 bridgehead atoms. The number of fused-ring (bicyclic) bond motifs is 1. The maximum atomic E-state index is 12.8. The van der Waals surface area contributed by atoms with Gasteiger partial charge in [-0.25, -0.2) is 0 Å². The van der Waals surface area contributed by atoms with Crippen LogP contribution in [0.4, 0.5) is 0 Å². The normalized spacial score (nSPS) is 17.5. The van der Waals surface area contributed by atoms with Gasteiger partial charge < -0.3 is 10.1 Å². The van der Waals surface area contributed by atoms with Gasteiger partial charge in [-0.1, -0.05) is 36.4 Å². The average Bonchev–Trinajstić information content (AvgIpc) is 2.68. The molecule has 0 radical (unpaired) electrons. The zero-order valence-corrected chi connectivity index (χ0v) is 15.9. The molecule has 1 aliphatic carbocycles. The predicted octanol–water partition coefficient (Wildman–Crippen LogP) is 3.71. The van der Waals surface area contributed by atoms with Gasteiger partial charge in [0.15, 0.2) is 0 Å². The molecule has 3 rings (SSSR count). The maximum Gasteiger partial charge on any atom is 0.237 e. The van der Waals surface area contributed by atoms with E-state index < -0.39 is 0 Å². The van der Waals surface area contributed by atoms with Crippen LogP contribution in [0, 0.1) is 0 Å². The molecule has 0 saturated carbocycles. The lowest BCUT2D eigenvalue weighted by atomic mass is 9.87. The highest BCUT2D eigenvalue weighted by Crippen LogP contribution is 2.29. The zero-order chi connectivity index (χ0) is 18.5. The molecule has 0 spiro atoms. The quantitative estimate of drug-likeness (QED) is 0.862. The van der Waals surface area contributed by atoms with Crippen LogP contribution in [0.25, 0.3) is 0 Å². The number of aryl methyl sites for hydroxylation is 1. The summed E-state index contributed by atoms with van der Waals surface area (Å²) in [5.41, 5.74) is 3.80. The second-order valence-corrected chi connectivity index (χ2v) is 7.09. The Labute approximate surface area is 156 Å². The summed E-state index contributed by atoms with van der Waals surface area (Å²) in [6.07, 6.45) is 3.24. The summed E-state index contributed by atoms with van der Waals surface area (Å²) < 4.78 is 5.20. The van der Waals surface area contributed by atoms with Crippen LogP contribution in [-0.2, 0) is 17.8 Å². The number of nitrogens with zero attached hydrogens (tertiary/aromatic N) is 1. The number of hydrogen-bond donors (Lipinski definition) is 1. The van der Waals surface area contributed by atoms with Crippen molar-refractivity contribution in [3.63, 3.8) is 0 Å². The molecule has 2 atom stereocenters. The van der Waals surface area contributed by atoms with E-state index in [1.54, 1.807) is 7.11 Å². The number of rotatable bonds is 6. The minimum atomic E-state index is -0.189. The molecular formula is C22H28N2O2. The van der Waals surface area contributed by atoms with Crippen molar-refractivity contribution in [2.45, 2.75) is 44.8 Å². The van der Waals surface area contributed by atoms with Crippen molar-refractivity contribution in [3.8, 4) is 5.75 Å². The van der Waals surface area contributed by atoms with Crippen molar-refractivity contribution in [2.24, 2.45) is 0 Å². The highest BCUT2D eigenvalue weighted by molar-refractivity contribution is 5.81. The van der Waals surface area contributed by atoms with Crippen LogP contribution in [0.15, 0.2) is 48.5 Å². The first kappa shape index (κ1) is 18.5. The first-order valence-electron chi connectivity index (χ1n) is 9.30. The summed E-state index contributed by atoms with van der Waals surface area (Å²) in [5.74, 6) is 0.931. The van der Waals surface area contributed by atoms with Gasteiger partial charge in [-0.3, -0.25) is 9.69 Å². The third-order valence-corrected chi connectivity index (χ3v) is 5.32. The number of likely N-dealkylation sites (N-methyl/N-ethyl adjacent to an activating group) is 1. The number of hydrogen-bond acceptors (Lipinski definition) is 3. The summed E-state index contributed by atoms with van der Waals surface area (Å²) in [6, 6.07) is 16.4. The van der Waals surface area contributed by atoms with Crippen molar-refractivity contribution in [2.75, 3.05) is 14.2 Å². The van der Waals surface area contributed by atoms with Crippen LogP contribution in [0.1, 0.15) is 42.5 Å². The van der Waals surface area contributed by atoms with E-state index in [0.29, 0.717) is 0 Å². The van der Waals surface area contributed by atoms with Gasteiger partial charge in [0.1, 0.15) is 5.75 Å². The van der Waals surface area contributed by atoms with Gasteiger partial charge in [-0.05, 0) is 62.1 Å². The van der Waals surface area contributed by atoms with Crippen LogP contribution in [0.3, 0.4) is 0 Å². The van der Waals surface area contributed by atoms with E-state index in [4.69, 9.17) is 4.74 Å². The summed E-state index contributed by atoms with van der Waals surface area (Å²) in [6.45, 7) is 2.69. The van der Waals surface area contributed by atoms with E-state index >= 15 is 0 Å². The van der Waals surface area contributed by atoms with Crippen molar-refractivity contribution >= 4 is 5.91 Å². The molecule has 0 unspecified atom stereocenters. The Morgan fingerprint density at radius 3 is 2.69 bits per heavy atom. The van der Waals surface area contributed by atoms with E-state index in [9.17, 15) is 4.79 Å². The van der Waals surface area contributed by atoms with Gasteiger partial charge in [0, 0.05) is 6.54 Å². The van der Waals surface area contributed by atoms with Gasteiger partial charge in [0.05, 0.1) is 19.2 Å².